The molecule has 94 valence electrons. The zero-order valence-electron chi connectivity index (χ0n) is 9.81. The Bertz CT molecular complexity index is 407. The van der Waals surface area contributed by atoms with Crippen LogP contribution in [0, 0.1) is 0 Å². The van der Waals surface area contributed by atoms with Crippen LogP contribution in [0.5, 0.6) is 5.75 Å². The van der Waals surface area contributed by atoms with Crippen molar-refractivity contribution < 1.29 is 19.0 Å². The summed E-state index contributed by atoms with van der Waals surface area (Å²) in [5.74, 6) is -0.718. The van der Waals surface area contributed by atoms with Crippen LogP contribution in [0.3, 0.4) is 0 Å². The molecule has 0 saturated carbocycles. The highest BCUT2D eigenvalue weighted by Gasteiger charge is 2.18. The number of hydrogen-bond donors (Lipinski definition) is 2. The minimum absolute atomic E-state index is 0.110. The molecule has 1 aromatic carbocycles. The molecule has 2 atom stereocenters. The maximum atomic E-state index is 13.3. The van der Waals surface area contributed by atoms with Gasteiger partial charge in [0.15, 0.2) is 0 Å². The van der Waals surface area contributed by atoms with Crippen LogP contribution in [0.4, 0.5) is 4.39 Å². The lowest BCUT2D eigenvalue weighted by Gasteiger charge is -2.15. The molecule has 0 aliphatic heterocycles. The van der Waals surface area contributed by atoms with Crippen molar-refractivity contribution in [2.45, 2.75) is 25.6 Å². The van der Waals surface area contributed by atoms with E-state index < -0.39 is 18.2 Å². The van der Waals surface area contributed by atoms with Gasteiger partial charge in [0, 0.05) is 12.0 Å². The van der Waals surface area contributed by atoms with Crippen molar-refractivity contribution in [3.8, 4) is 5.75 Å². The number of ether oxygens (including phenoxy) is 1. The fraction of sp³-hybridized carbons (Fsp3) is 0.417. The maximum absolute atomic E-state index is 13.3. The predicted molar refractivity (Wildman–Crippen MR) is 61.8 cm³/mol. The van der Waals surface area contributed by atoms with Crippen LogP contribution in [-0.2, 0) is 11.2 Å². The molecule has 0 spiro atoms. The minimum Gasteiger partial charge on any atom is -0.496 e. The first-order valence-electron chi connectivity index (χ1n) is 5.25. The maximum Gasteiger partial charge on any atom is 0.320 e. The Morgan fingerprint density at radius 1 is 1.59 bits per heavy atom. The molecule has 0 aliphatic rings. The molecular formula is C12H16FNO3. The monoisotopic (exact) mass is 241 g/mol. The van der Waals surface area contributed by atoms with Gasteiger partial charge in [-0.15, -0.1) is 0 Å². The number of rotatable bonds is 5. The van der Waals surface area contributed by atoms with E-state index >= 15 is 0 Å². The fourth-order valence-corrected chi connectivity index (χ4v) is 1.65. The molecule has 0 aliphatic carbocycles. The van der Waals surface area contributed by atoms with Crippen molar-refractivity contribution in [3.63, 3.8) is 0 Å². The van der Waals surface area contributed by atoms with Gasteiger partial charge in [0.25, 0.3) is 0 Å². The first kappa shape index (κ1) is 13.4. The zero-order valence-corrected chi connectivity index (χ0v) is 9.81. The quantitative estimate of drug-likeness (QED) is 0.822. The van der Waals surface area contributed by atoms with Gasteiger partial charge in [-0.25, -0.2) is 4.39 Å². The topological polar surface area (TPSA) is 72.5 Å². The normalized spacial score (nSPS) is 14.1. The molecule has 0 aromatic heterocycles. The first-order chi connectivity index (χ1) is 7.97. The Morgan fingerprint density at radius 3 is 2.71 bits per heavy atom. The van der Waals surface area contributed by atoms with Crippen LogP contribution >= 0.6 is 0 Å². The Balaban J connectivity index is 3.07. The second-order valence-corrected chi connectivity index (χ2v) is 3.80. The molecule has 3 N–H and O–H groups in total. The van der Waals surface area contributed by atoms with Crippen molar-refractivity contribution in [2.24, 2.45) is 5.73 Å². The SMILES string of the molecule is COc1c(CC(N)C(=O)O)cccc1C(C)F. The molecule has 4 nitrogen and oxygen atoms in total. The van der Waals surface area contributed by atoms with Crippen LogP contribution in [0.2, 0.25) is 0 Å². The van der Waals surface area contributed by atoms with Crippen molar-refractivity contribution in [1.29, 1.82) is 0 Å². The van der Waals surface area contributed by atoms with E-state index in [1.807, 2.05) is 0 Å². The Kier molecular flexibility index (Phi) is 4.45. The number of methoxy groups -OCH3 is 1. The second-order valence-electron chi connectivity index (χ2n) is 3.80. The van der Waals surface area contributed by atoms with Gasteiger partial charge in [0.05, 0.1) is 7.11 Å². The number of benzene rings is 1. The standard InChI is InChI=1S/C12H16FNO3/c1-7(13)9-5-3-4-8(11(9)17-2)6-10(14)12(15)16/h3-5,7,10H,6,14H2,1-2H3,(H,15,16). The number of carbonyl (C=O) groups is 1. The van der Waals surface area contributed by atoms with Crippen LogP contribution in [0.1, 0.15) is 24.2 Å². The number of carboxylic acid groups (broad SMARTS) is 1. The smallest absolute Gasteiger partial charge is 0.320 e. The molecule has 1 rings (SSSR count). The third-order valence-corrected chi connectivity index (χ3v) is 2.52. The van der Waals surface area contributed by atoms with Crippen molar-refractivity contribution in [3.05, 3.63) is 29.3 Å². The van der Waals surface area contributed by atoms with Crippen LogP contribution < -0.4 is 10.5 Å². The average molecular weight is 241 g/mol. The largest absolute Gasteiger partial charge is 0.496 e. The van der Waals surface area contributed by atoms with E-state index in [2.05, 4.69) is 0 Å². The molecular weight excluding hydrogens is 225 g/mol. The minimum atomic E-state index is -1.18. The van der Waals surface area contributed by atoms with Gasteiger partial charge in [-0.3, -0.25) is 4.79 Å². The predicted octanol–water partition coefficient (Wildman–Crippen LogP) is 1.68. The zero-order chi connectivity index (χ0) is 13.0. The van der Waals surface area contributed by atoms with Crippen LogP contribution in [-0.4, -0.2) is 24.2 Å². The summed E-state index contributed by atoms with van der Waals surface area (Å²) in [6.45, 7) is 1.40. The summed E-state index contributed by atoms with van der Waals surface area (Å²) in [6.07, 6.45) is -1.06. The number of carboxylic acids is 1. The lowest BCUT2D eigenvalue weighted by atomic mass is 10.0. The van der Waals surface area contributed by atoms with E-state index in [0.717, 1.165) is 0 Å². The van der Waals surface area contributed by atoms with Gasteiger partial charge >= 0.3 is 5.97 Å². The number of aliphatic carboxylic acids is 1. The molecule has 0 amide bonds. The van der Waals surface area contributed by atoms with Gasteiger partial charge in [0.2, 0.25) is 0 Å². The summed E-state index contributed by atoms with van der Waals surface area (Å²) < 4.78 is 18.5. The summed E-state index contributed by atoms with van der Waals surface area (Å²) in [4.78, 5) is 10.7. The average Bonchev–Trinajstić information content (AvgIpc) is 2.28. The molecule has 1 aromatic rings. The van der Waals surface area contributed by atoms with E-state index in [1.165, 1.54) is 14.0 Å². The highest BCUT2D eigenvalue weighted by molar-refractivity contribution is 5.73. The number of nitrogens with two attached hydrogens (primary N) is 1. The molecule has 5 heteroatoms. The highest BCUT2D eigenvalue weighted by atomic mass is 19.1. The fourth-order valence-electron chi connectivity index (χ4n) is 1.65. The highest BCUT2D eigenvalue weighted by Crippen LogP contribution is 2.31. The molecule has 0 radical (unpaired) electrons. The Hall–Kier alpha value is -1.62. The number of halogens is 1. The number of alkyl halides is 1. The summed E-state index contributed by atoms with van der Waals surface area (Å²) in [5.41, 5.74) is 6.46. The van der Waals surface area contributed by atoms with E-state index in [4.69, 9.17) is 15.6 Å². The van der Waals surface area contributed by atoms with Gasteiger partial charge in [-0.05, 0) is 12.5 Å². The molecule has 0 fully saturated rings. The number of hydrogen-bond acceptors (Lipinski definition) is 3. The number of para-hydroxylation sites is 1. The van der Waals surface area contributed by atoms with Crippen molar-refractivity contribution in [1.82, 2.24) is 0 Å². The lowest BCUT2D eigenvalue weighted by Crippen LogP contribution is -2.32. The summed E-state index contributed by atoms with van der Waals surface area (Å²) in [6, 6.07) is 3.94. The van der Waals surface area contributed by atoms with Crippen LogP contribution in [0.25, 0.3) is 0 Å². The van der Waals surface area contributed by atoms with E-state index in [1.54, 1.807) is 18.2 Å². The van der Waals surface area contributed by atoms with Crippen LogP contribution in [0.15, 0.2) is 18.2 Å². The van der Waals surface area contributed by atoms with Gasteiger partial charge in [0.1, 0.15) is 18.0 Å². The summed E-state index contributed by atoms with van der Waals surface area (Å²) in [5, 5.41) is 8.75. The third kappa shape index (κ3) is 3.17. The first-order valence-corrected chi connectivity index (χ1v) is 5.25. The molecule has 2 unspecified atom stereocenters. The van der Waals surface area contributed by atoms with Crippen molar-refractivity contribution >= 4 is 5.97 Å². The Morgan fingerprint density at radius 2 is 2.24 bits per heavy atom. The van der Waals surface area contributed by atoms with E-state index in [0.29, 0.717) is 16.9 Å². The van der Waals surface area contributed by atoms with Crippen molar-refractivity contribution in [2.75, 3.05) is 7.11 Å². The van der Waals surface area contributed by atoms with Gasteiger partial charge < -0.3 is 15.6 Å². The van der Waals surface area contributed by atoms with Gasteiger partial charge in [-0.1, -0.05) is 18.2 Å². The lowest BCUT2D eigenvalue weighted by molar-refractivity contribution is -0.138. The summed E-state index contributed by atoms with van der Waals surface area (Å²) >= 11 is 0. The third-order valence-electron chi connectivity index (χ3n) is 2.52. The second kappa shape index (κ2) is 5.63. The van der Waals surface area contributed by atoms with Gasteiger partial charge in [-0.2, -0.15) is 0 Å². The summed E-state index contributed by atoms with van der Waals surface area (Å²) in [7, 11) is 1.43. The molecule has 0 heterocycles. The van der Waals surface area contributed by atoms with E-state index in [-0.39, 0.29) is 6.42 Å². The van der Waals surface area contributed by atoms with E-state index in [9.17, 15) is 9.18 Å². The molecule has 0 bridgehead atoms. The molecule has 0 saturated heterocycles. The Labute approximate surface area is 99.2 Å². The molecule has 17 heavy (non-hydrogen) atoms.